The van der Waals surface area contributed by atoms with Crippen molar-refractivity contribution in [1.29, 1.82) is 0 Å². The molecule has 2 heterocycles. The van der Waals surface area contributed by atoms with Crippen molar-refractivity contribution >= 4 is 17.3 Å². The standard InChI is InChI=1S/C25H31N5O2/c1-4-32-23-12-10-21(11-13-23)26-24(31)18-28-14-16-29(17-15-28)25-19(2)27-30(20(25)3)22-8-6-5-7-9-22/h5-13H,4,14-18H2,1-3H3,(H,26,31). The van der Waals surface area contributed by atoms with Gasteiger partial charge in [0.1, 0.15) is 5.75 Å². The average molecular weight is 434 g/mol. The maximum absolute atomic E-state index is 12.5. The van der Waals surface area contributed by atoms with Crippen LogP contribution in [0, 0.1) is 13.8 Å². The maximum atomic E-state index is 12.5. The van der Waals surface area contributed by atoms with E-state index in [1.165, 1.54) is 5.69 Å². The minimum absolute atomic E-state index is 0.00636. The maximum Gasteiger partial charge on any atom is 0.238 e. The number of amides is 1. The van der Waals surface area contributed by atoms with Crippen molar-refractivity contribution in [3.8, 4) is 11.4 Å². The van der Waals surface area contributed by atoms with E-state index in [0.717, 1.165) is 54.7 Å². The second kappa shape index (κ2) is 9.87. The van der Waals surface area contributed by atoms with Crippen molar-refractivity contribution in [3.63, 3.8) is 0 Å². The molecule has 2 aromatic carbocycles. The smallest absolute Gasteiger partial charge is 0.238 e. The predicted molar refractivity (Wildman–Crippen MR) is 128 cm³/mol. The molecular formula is C25H31N5O2. The molecular weight excluding hydrogens is 402 g/mol. The van der Waals surface area contributed by atoms with Gasteiger partial charge in [-0.05, 0) is 57.2 Å². The zero-order valence-corrected chi connectivity index (χ0v) is 19.0. The number of hydrogen-bond acceptors (Lipinski definition) is 5. The first-order valence-corrected chi connectivity index (χ1v) is 11.2. The van der Waals surface area contributed by atoms with Gasteiger partial charge in [-0.2, -0.15) is 5.10 Å². The summed E-state index contributed by atoms with van der Waals surface area (Å²) in [7, 11) is 0. The molecule has 0 bridgehead atoms. The molecule has 32 heavy (non-hydrogen) atoms. The number of piperazine rings is 1. The van der Waals surface area contributed by atoms with Gasteiger partial charge < -0.3 is 15.0 Å². The molecule has 0 aliphatic carbocycles. The van der Waals surface area contributed by atoms with Gasteiger partial charge in [-0.25, -0.2) is 4.68 Å². The minimum atomic E-state index is 0.00636. The Hall–Kier alpha value is -3.32. The van der Waals surface area contributed by atoms with Crippen molar-refractivity contribution in [2.45, 2.75) is 20.8 Å². The van der Waals surface area contributed by atoms with Crippen molar-refractivity contribution in [2.24, 2.45) is 0 Å². The minimum Gasteiger partial charge on any atom is -0.494 e. The van der Waals surface area contributed by atoms with Crippen LogP contribution in [0.2, 0.25) is 0 Å². The first-order valence-electron chi connectivity index (χ1n) is 11.2. The molecule has 7 nitrogen and oxygen atoms in total. The van der Waals surface area contributed by atoms with E-state index in [9.17, 15) is 4.79 Å². The molecule has 1 aromatic heterocycles. The Labute approximate surface area is 189 Å². The Balaban J connectivity index is 1.32. The lowest BCUT2D eigenvalue weighted by Gasteiger charge is -2.35. The summed E-state index contributed by atoms with van der Waals surface area (Å²) in [5.41, 5.74) is 5.25. The third-order valence-electron chi connectivity index (χ3n) is 5.76. The zero-order valence-electron chi connectivity index (χ0n) is 19.0. The summed E-state index contributed by atoms with van der Waals surface area (Å²) in [6.45, 7) is 10.6. The second-order valence-electron chi connectivity index (χ2n) is 8.04. The van der Waals surface area contributed by atoms with Gasteiger partial charge in [0.15, 0.2) is 0 Å². The number of ether oxygens (including phenoxy) is 1. The van der Waals surface area contributed by atoms with E-state index in [1.54, 1.807) is 0 Å². The Morgan fingerprint density at radius 1 is 1.00 bits per heavy atom. The van der Waals surface area contributed by atoms with E-state index >= 15 is 0 Å². The third-order valence-corrected chi connectivity index (χ3v) is 5.76. The van der Waals surface area contributed by atoms with Crippen molar-refractivity contribution in [1.82, 2.24) is 14.7 Å². The molecule has 0 spiro atoms. The monoisotopic (exact) mass is 433 g/mol. The Bertz CT molecular complexity index is 1040. The number of para-hydroxylation sites is 1. The van der Waals surface area contributed by atoms with Gasteiger partial charge >= 0.3 is 0 Å². The highest BCUT2D eigenvalue weighted by Gasteiger charge is 2.24. The molecule has 7 heteroatoms. The molecule has 168 valence electrons. The third kappa shape index (κ3) is 4.94. The fraction of sp³-hybridized carbons (Fsp3) is 0.360. The predicted octanol–water partition coefficient (Wildman–Crippen LogP) is 3.65. The molecule has 0 saturated carbocycles. The highest BCUT2D eigenvalue weighted by Crippen LogP contribution is 2.27. The number of nitrogens with one attached hydrogen (secondary N) is 1. The number of anilines is 2. The number of rotatable bonds is 7. The van der Waals surface area contributed by atoms with Gasteiger partial charge in [0.2, 0.25) is 5.91 Å². The van der Waals surface area contributed by atoms with Gasteiger partial charge in [0.05, 0.1) is 35.9 Å². The molecule has 1 fully saturated rings. The summed E-state index contributed by atoms with van der Waals surface area (Å²) in [4.78, 5) is 17.1. The van der Waals surface area contributed by atoms with Gasteiger partial charge in [-0.1, -0.05) is 18.2 Å². The van der Waals surface area contributed by atoms with Crippen LogP contribution in [0.1, 0.15) is 18.3 Å². The lowest BCUT2D eigenvalue weighted by molar-refractivity contribution is -0.117. The first-order chi connectivity index (χ1) is 15.5. The van der Waals surface area contributed by atoms with Crippen LogP contribution in [0.5, 0.6) is 5.75 Å². The molecule has 1 saturated heterocycles. The van der Waals surface area contributed by atoms with Crippen molar-refractivity contribution < 1.29 is 9.53 Å². The van der Waals surface area contributed by atoms with Gasteiger partial charge in [0, 0.05) is 31.9 Å². The van der Waals surface area contributed by atoms with E-state index in [-0.39, 0.29) is 5.91 Å². The highest BCUT2D eigenvalue weighted by molar-refractivity contribution is 5.92. The van der Waals surface area contributed by atoms with Crippen LogP contribution in [0.3, 0.4) is 0 Å². The van der Waals surface area contributed by atoms with Gasteiger partial charge in [0.25, 0.3) is 0 Å². The molecule has 1 N–H and O–H groups in total. The summed E-state index contributed by atoms with van der Waals surface area (Å²) in [5.74, 6) is 0.815. The fourth-order valence-corrected chi connectivity index (χ4v) is 4.25. The van der Waals surface area contributed by atoms with E-state index < -0.39 is 0 Å². The van der Waals surface area contributed by atoms with E-state index in [4.69, 9.17) is 9.84 Å². The number of carbonyl (C=O) groups excluding carboxylic acids is 1. The molecule has 1 amide bonds. The van der Waals surface area contributed by atoms with Crippen LogP contribution in [0.25, 0.3) is 5.69 Å². The number of aromatic nitrogens is 2. The summed E-state index contributed by atoms with van der Waals surface area (Å²) < 4.78 is 7.46. The number of hydrogen-bond donors (Lipinski definition) is 1. The Morgan fingerprint density at radius 3 is 2.34 bits per heavy atom. The molecule has 1 aliphatic rings. The molecule has 0 atom stereocenters. The van der Waals surface area contributed by atoms with Gasteiger partial charge in [-0.3, -0.25) is 9.69 Å². The molecule has 4 rings (SSSR count). The van der Waals surface area contributed by atoms with E-state index in [2.05, 4.69) is 41.1 Å². The second-order valence-corrected chi connectivity index (χ2v) is 8.04. The van der Waals surface area contributed by atoms with E-state index in [1.807, 2.05) is 54.1 Å². The quantitative estimate of drug-likeness (QED) is 0.616. The van der Waals surface area contributed by atoms with E-state index in [0.29, 0.717) is 13.2 Å². The summed E-state index contributed by atoms with van der Waals surface area (Å²) in [6, 6.07) is 17.7. The first kappa shape index (κ1) is 21.9. The zero-order chi connectivity index (χ0) is 22.5. The molecule has 1 aliphatic heterocycles. The van der Waals surface area contributed by atoms with Crippen LogP contribution in [0.4, 0.5) is 11.4 Å². The fourth-order valence-electron chi connectivity index (χ4n) is 4.25. The average Bonchev–Trinajstić information content (AvgIpc) is 3.10. The number of aryl methyl sites for hydroxylation is 1. The summed E-state index contributed by atoms with van der Waals surface area (Å²) in [6.07, 6.45) is 0. The Kier molecular flexibility index (Phi) is 6.75. The lowest BCUT2D eigenvalue weighted by atomic mass is 10.2. The normalized spacial score (nSPS) is 14.4. The highest BCUT2D eigenvalue weighted by atomic mass is 16.5. The number of nitrogens with zero attached hydrogens (tertiary/aromatic N) is 4. The topological polar surface area (TPSA) is 62.6 Å². The SMILES string of the molecule is CCOc1ccc(NC(=O)CN2CCN(c3c(C)nn(-c4ccccc4)c3C)CC2)cc1. The largest absolute Gasteiger partial charge is 0.494 e. The molecule has 0 radical (unpaired) electrons. The lowest BCUT2D eigenvalue weighted by Crippen LogP contribution is -2.49. The van der Waals surface area contributed by atoms with Crippen molar-refractivity contribution in [3.05, 3.63) is 66.0 Å². The van der Waals surface area contributed by atoms with Crippen LogP contribution in [-0.4, -0.2) is 59.9 Å². The molecule has 3 aromatic rings. The van der Waals surface area contributed by atoms with Gasteiger partial charge in [-0.15, -0.1) is 0 Å². The molecule has 0 unspecified atom stereocenters. The van der Waals surface area contributed by atoms with Crippen LogP contribution < -0.4 is 15.0 Å². The number of benzene rings is 2. The Morgan fingerprint density at radius 2 is 1.69 bits per heavy atom. The van der Waals surface area contributed by atoms with Crippen LogP contribution >= 0.6 is 0 Å². The van der Waals surface area contributed by atoms with Crippen molar-refractivity contribution in [2.75, 3.05) is 49.5 Å². The summed E-state index contributed by atoms with van der Waals surface area (Å²) in [5, 5.41) is 7.75. The number of carbonyl (C=O) groups is 1. The summed E-state index contributed by atoms with van der Waals surface area (Å²) >= 11 is 0. The van der Waals surface area contributed by atoms with Crippen LogP contribution in [-0.2, 0) is 4.79 Å². The van der Waals surface area contributed by atoms with Crippen LogP contribution in [0.15, 0.2) is 54.6 Å².